The number of carbonyl (C=O) groups excluding carboxylic acids is 1. The lowest BCUT2D eigenvalue weighted by Crippen LogP contribution is -2.15. The van der Waals surface area contributed by atoms with Crippen molar-refractivity contribution in [3.8, 4) is 0 Å². The molecule has 20 heavy (non-hydrogen) atoms. The topological polar surface area (TPSA) is 41.9 Å². The van der Waals surface area contributed by atoms with Crippen LogP contribution in [0.2, 0.25) is 0 Å². The predicted molar refractivity (Wildman–Crippen MR) is 72.1 cm³/mol. The van der Waals surface area contributed by atoms with Crippen LogP contribution >= 0.6 is 0 Å². The molecule has 1 aromatic carbocycles. The predicted octanol–water partition coefficient (Wildman–Crippen LogP) is 2.36. The highest BCUT2D eigenvalue weighted by atomic mass is 19.1. The highest BCUT2D eigenvalue weighted by molar-refractivity contribution is 6.11. The molecule has 0 spiro atoms. The van der Waals surface area contributed by atoms with Gasteiger partial charge in [0.25, 0.3) is 0 Å². The van der Waals surface area contributed by atoms with Crippen LogP contribution in [0.25, 0.3) is 0 Å². The van der Waals surface area contributed by atoms with Crippen molar-refractivity contribution in [1.29, 1.82) is 0 Å². The van der Waals surface area contributed by atoms with Crippen molar-refractivity contribution in [2.45, 2.75) is 0 Å². The molecule has 0 fully saturated rings. The second kappa shape index (κ2) is 4.77. The molecule has 2 aliphatic heterocycles. The Hall–Kier alpha value is -2.69. The van der Waals surface area contributed by atoms with Crippen LogP contribution in [0.1, 0.15) is 5.56 Å². The van der Waals surface area contributed by atoms with Gasteiger partial charge in [0.1, 0.15) is 5.82 Å². The van der Waals surface area contributed by atoms with Gasteiger partial charge in [-0.3, -0.25) is 0 Å². The lowest BCUT2D eigenvalue weighted by atomic mass is 10.2. The molecule has 0 saturated carbocycles. The van der Waals surface area contributed by atoms with Crippen LogP contribution in [0, 0.1) is 5.82 Å². The summed E-state index contributed by atoms with van der Waals surface area (Å²) in [5.74, 6) is -1.06. The van der Waals surface area contributed by atoms with Gasteiger partial charge in [0.15, 0.2) is 5.70 Å². The van der Waals surface area contributed by atoms with E-state index in [1.54, 1.807) is 42.4 Å². The molecule has 2 aliphatic rings. The molecule has 5 heteroatoms. The number of halogens is 1. The summed E-state index contributed by atoms with van der Waals surface area (Å²) >= 11 is 0. The van der Waals surface area contributed by atoms with Crippen molar-refractivity contribution in [3.63, 3.8) is 0 Å². The van der Waals surface area contributed by atoms with Crippen LogP contribution in [0.3, 0.4) is 0 Å². The van der Waals surface area contributed by atoms with Gasteiger partial charge in [0.2, 0.25) is 5.90 Å². The molecule has 100 valence electrons. The molecule has 0 saturated heterocycles. The van der Waals surface area contributed by atoms with Crippen molar-refractivity contribution >= 4 is 11.9 Å². The Morgan fingerprint density at radius 1 is 1.25 bits per heavy atom. The Balaban J connectivity index is 2.06. The zero-order valence-electron chi connectivity index (χ0n) is 10.7. The summed E-state index contributed by atoms with van der Waals surface area (Å²) in [6.07, 6.45) is 7.19. The van der Waals surface area contributed by atoms with Crippen molar-refractivity contribution in [2.24, 2.45) is 4.99 Å². The molecule has 0 N–H and O–H groups in total. The molecular weight excluding hydrogens is 259 g/mol. The molecule has 0 unspecified atom stereocenters. The minimum Gasteiger partial charge on any atom is -0.402 e. The standard InChI is InChI=1S/C15H11FN2O2/c1-18-9-5-4-8-12(18)13-15(19)20-14(17-13)10-6-2-3-7-11(10)16/h2-9H,1H3/b13-12-. The molecule has 0 atom stereocenters. The van der Waals surface area contributed by atoms with Gasteiger partial charge in [-0.05, 0) is 24.3 Å². The summed E-state index contributed by atoms with van der Waals surface area (Å²) in [5, 5.41) is 0. The quantitative estimate of drug-likeness (QED) is 0.581. The summed E-state index contributed by atoms with van der Waals surface area (Å²) in [4.78, 5) is 17.8. The summed E-state index contributed by atoms with van der Waals surface area (Å²) in [6, 6.07) is 6.05. The summed E-state index contributed by atoms with van der Waals surface area (Å²) in [5.41, 5.74) is 0.963. The van der Waals surface area contributed by atoms with Crippen LogP contribution in [-0.4, -0.2) is 23.8 Å². The Bertz CT molecular complexity index is 702. The Morgan fingerprint density at radius 2 is 2.05 bits per heavy atom. The Morgan fingerprint density at radius 3 is 2.80 bits per heavy atom. The smallest absolute Gasteiger partial charge is 0.366 e. The fraction of sp³-hybridized carbons (Fsp3) is 0.0667. The van der Waals surface area contributed by atoms with E-state index < -0.39 is 11.8 Å². The molecule has 4 nitrogen and oxygen atoms in total. The average molecular weight is 270 g/mol. The average Bonchev–Trinajstić information content (AvgIpc) is 2.81. The van der Waals surface area contributed by atoms with Crippen LogP contribution in [0.15, 0.2) is 65.1 Å². The Labute approximate surface area is 115 Å². The third kappa shape index (κ3) is 2.03. The largest absolute Gasteiger partial charge is 0.402 e. The maximum atomic E-state index is 13.7. The first-order valence-electron chi connectivity index (χ1n) is 6.04. The number of rotatable bonds is 1. The molecule has 2 heterocycles. The van der Waals surface area contributed by atoms with E-state index in [9.17, 15) is 9.18 Å². The first kappa shape index (κ1) is 12.3. The third-order valence-corrected chi connectivity index (χ3v) is 3.00. The minimum absolute atomic E-state index is 0.00745. The second-order valence-corrected chi connectivity index (χ2v) is 4.33. The van der Waals surface area contributed by atoms with Gasteiger partial charge in [0.05, 0.1) is 11.3 Å². The van der Waals surface area contributed by atoms with Crippen LogP contribution in [0.5, 0.6) is 0 Å². The number of hydrogen-bond acceptors (Lipinski definition) is 4. The molecule has 0 radical (unpaired) electrons. The first-order valence-corrected chi connectivity index (χ1v) is 6.04. The van der Waals surface area contributed by atoms with Crippen molar-refractivity contribution in [2.75, 3.05) is 7.05 Å². The van der Waals surface area contributed by atoms with E-state index >= 15 is 0 Å². The van der Waals surface area contributed by atoms with E-state index in [2.05, 4.69) is 4.99 Å². The first-order chi connectivity index (χ1) is 9.66. The monoisotopic (exact) mass is 270 g/mol. The fourth-order valence-corrected chi connectivity index (χ4v) is 1.99. The number of allylic oxidation sites excluding steroid dienone is 3. The number of likely N-dealkylation sites (N-methyl/N-ethyl adjacent to an activating group) is 1. The number of ether oxygens (including phenoxy) is 1. The highest BCUT2D eigenvalue weighted by Crippen LogP contribution is 2.24. The zero-order valence-corrected chi connectivity index (χ0v) is 10.7. The van der Waals surface area contributed by atoms with Crippen LogP contribution in [0.4, 0.5) is 4.39 Å². The lowest BCUT2D eigenvalue weighted by Gasteiger charge is -2.17. The van der Waals surface area contributed by atoms with Gasteiger partial charge in [-0.1, -0.05) is 18.2 Å². The summed E-state index contributed by atoms with van der Waals surface area (Å²) < 4.78 is 18.8. The van der Waals surface area contributed by atoms with E-state index in [4.69, 9.17) is 4.74 Å². The van der Waals surface area contributed by atoms with Gasteiger partial charge in [-0.25, -0.2) is 14.2 Å². The lowest BCUT2D eigenvalue weighted by molar-refractivity contribution is -0.130. The maximum absolute atomic E-state index is 13.7. The summed E-state index contributed by atoms with van der Waals surface area (Å²) in [7, 11) is 1.80. The fourth-order valence-electron chi connectivity index (χ4n) is 1.99. The molecule has 0 amide bonds. The van der Waals surface area contributed by atoms with Crippen LogP contribution in [-0.2, 0) is 9.53 Å². The van der Waals surface area contributed by atoms with Crippen molar-refractivity contribution in [3.05, 3.63) is 71.5 Å². The number of benzene rings is 1. The van der Waals surface area contributed by atoms with E-state index in [1.165, 1.54) is 12.1 Å². The number of carbonyl (C=O) groups is 1. The van der Waals surface area contributed by atoms with Gasteiger partial charge in [0, 0.05) is 13.2 Å². The summed E-state index contributed by atoms with van der Waals surface area (Å²) in [6.45, 7) is 0. The number of cyclic esters (lactones) is 1. The third-order valence-electron chi connectivity index (χ3n) is 3.00. The van der Waals surface area contributed by atoms with E-state index in [0.717, 1.165) is 0 Å². The van der Waals surface area contributed by atoms with Gasteiger partial charge < -0.3 is 9.64 Å². The van der Waals surface area contributed by atoms with E-state index in [0.29, 0.717) is 5.70 Å². The van der Waals surface area contributed by atoms with E-state index in [-0.39, 0.29) is 17.2 Å². The van der Waals surface area contributed by atoms with Gasteiger partial charge in [-0.15, -0.1) is 0 Å². The van der Waals surface area contributed by atoms with Gasteiger partial charge in [-0.2, -0.15) is 0 Å². The number of nitrogens with zero attached hydrogens (tertiary/aromatic N) is 2. The number of esters is 1. The van der Waals surface area contributed by atoms with E-state index in [1.807, 2.05) is 6.08 Å². The molecular formula is C15H11FN2O2. The number of hydrogen-bond donors (Lipinski definition) is 0. The molecule has 3 rings (SSSR count). The molecule has 0 bridgehead atoms. The SMILES string of the molecule is CN1C=CC=C/C1=C1/N=C(c2ccccc2F)OC1=O. The molecule has 0 aromatic heterocycles. The van der Waals surface area contributed by atoms with Crippen molar-refractivity contribution in [1.82, 2.24) is 4.90 Å². The normalized spacial score (nSPS) is 21.2. The number of aliphatic imine (C=N–C) groups is 1. The zero-order chi connectivity index (χ0) is 14.1. The van der Waals surface area contributed by atoms with Crippen molar-refractivity contribution < 1.29 is 13.9 Å². The minimum atomic E-state index is -0.579. The van der Waals surface area contributed by atoms with Crippen LogP contribution < -0.4 is 0 Å². The Kier molecular flexibility index (Phi) is 2.95. The molecule has 0 aliphatic carbocycles. The molecule has 1 aromatic rings. The second-order valence-electron chi connectivity index (χ2n) is 4.33. The maximum Gasteiger partial charge on any atom is 0.366 e. The van der Waals surface area contributed by atoms with Gasteiger partial charge >= 0.3 is 5.97 Å². The highest BCUT2D eigenvalue weighted by Gasteiger charge is 2.29.